The first-order valence-corrected chi connectivity index (χ1v) is 12.8. The van der Waals surface area contributed by atoms with Gasteiger partial charge < -0.3 is 10.2 Å². The van der Waals surface area contributed by atoms with E-state index in [0.717, 1.165) is 24.0 Å². The van der Waals surface area contributed by atoms with Crippen molar-refractivity contribution in [1.29, 1.82) is 0 Å². The number of nitrogens with one attached hydrogen (secondary N) is 1. The second-order valence-electron chi connectivity index (χ2n) is 8.34. The lowest BCUT2D eigenvalue weighted by atomic mass is 10.0. The molecule has 1 atom stereocenters. The van der Waals surface area contributed by atoms with Gasteiger partial charge in [-0.05, 0) is 41.3 Å². The zero-order chi connectivity index (χ0) is 25.2. The van der Waals surface area contributed by atoms with E-state index in [4.69, 9.17) is 34.8 Å². The van der Waals surface area contributed by atoms with Crippen molar-refractivity contribution < 1.29 is 9.59 Å². The highest BCUT2D eigenvalue weighted by atomic mass is 35.5. The third-order valence-corrected chi connectivity index (χ3v) is 6.87. The molecule has 0 unspecified atom stereocenters. The Labute approximate surface area is 222 Å². The van der Waals surface area contributed by atoms with Crippen LogP contribution in [0.15, 0.2) is 72.8 Å². The molecule has 0 aliphatic rings. The molecule has 0 fully saturated rings. The van der Waals surface area contributed by atoms with Crippen molar-refractivity contribution >= 4 is 46.6 Å². The lowest BCUT2D eigenvalue weighted by Crippen LogP contribution is -2.51. The van der Waals surface area contributed by atoms with E-state index in [1.165, 1.54) is 0 Å². The molecule has 2 amide bonds. The van der Waals surface area contributed by atoms with Gasteiger partial charge in [0.25, 0.3) is 0 Å². The number of hydrogen-bond acceptors (Lipinski definition) is 2. The van der Waals surface area contributed by atoms with Crippen molar-refractivity contribution in [3.8, 4) is 0 Å². The third-order valence-electron chi connectivity index (χ3n) is 5.79. The van der Waals surface area contributed by atoms with Crippen LogP contribution in [0.2, 0.25) is 15.1 Å². The number of carbonyl (C=O) groups excluding carboxylic acids is 2. The van der Waals surface area contributed by atoms with Crippen LogP contribution in [-0.2, 0) is 29.0 Å². The van der Waals surface area contributed by atoms with Gasteiger partial charge in [0.05, 0.1) is 6.42 Å². The van der Waals surface area contributed by atoms with Gasteiger partial charge in [0, 0.05) is 34.6 Å². The Morgan fingerprint density at radius 1 is 0.857 bits per heavy atom. The Morgan fingerprint density at radius 2 is 1.49 bits per heavy atom. The standard InChI is InChI=1S/C28H29Cl3N2O2/c1-2-3-16-32-28(35)26(17-20-10-5-4-6-11-20)33(19-21-12-7-8-13-23(21)29)27(34)18-22-24(30)14-9-15-25(22)31/h4-15,26H,2-3,16-19H2,1H3,(H,32,35)/t26-/m1/s1. The zero-order valence-electron chi connectivity index (χ0n) is 19.6. The first-order chi connectivity index (χ1) is 16.9. The Balaban J connectivity index is 1.99. The minimum Gasteiger partial charge on any atom is -0.354 e. The molecule has 0 spiro atoms. The van der Waals surface area contributed by atoms with E-state index in [1.54, 1.807) is 29.2 Å². The van der Waals surface area contributed by atoms with Gasteiger partial charge in [0.1, 0.15) is 6.04 Å². The summed E-state index contributed by atoms with van der Waals surface area (Å²) in [6, 6.07) is 21.4. The van der Waals surface area contributed by atoms with Crippen molar-refractivity contribution in [2.75, 3.05) is 6.54 Å². The van der Waals surface area contributed by atoms with Crippen LogP contribution in [-0.4, -0.2) is 29.3 Å². The topological polar surface area (TPSA) is 49.4 Å². The molecule has 3 aromatic carbocycles. The summed E-state index contributed by atoms with van der Waals surface area (Å²) < 4.78 is 0. The Morgan fingerprint density at radius 3 is 2.14 bits per heavy atom. The molecule has 0 bridgehead atoms. The molecule has 184 valence electrons. The molecule has 3 aromatic rings. The molecule has 7 heteroatoms. The van der Waals surface area contributed by atoms with Gasteiger partial charge in [-0.1, -0.05) is 103 Å². The van der Waals surface area contributed by atoms with Crippen molar-refractivity contribution in [1.82, 2.24) is 10.2 Å². The van der Waals surface area contributed by atoms with E-state index in [-0.39, 0.29) is 24.8 Å². The summed E-state index contributed by atoms with van der Waals surface area (Å²) >= 11 is 19.2. The average molecular weight is 532 g/mol. The summed E-state index contributed by atoms with van der Waals surface area (Å²) in [5, 5.41) is 4.37. The van der Waals surface area contributed by atoms with Crippen LogP contribution in [0, 0.1) is 0 Å². The minimum atomic E-state index is -0.737. The summed E-state index contributed by atoms with van der Waals surface area (Å²) in [6.45, 7) is 2.79. The number of nitrogens with zero attached hydrogens (tertiary/aromatic N) is 1. The third kappa shape index (κ3) is 7.73. The molecule has 0 heterocycles. The van der Waals surface area contributed by atoms with Crippen LogP contribution >= 0.6 is 34.8 Å². The van der Waals surface area contributed by atoms with Gasteiger partial charge in [0.2, 0.25) is 11.8 Å². The molecular formula is C28H29Cl3N2O2. The molecule has 35 heavy (non-hydrogen) atoms. The highest BCUT2D eigenvalue weighted by molar-refractivity contribution is 6.36. The van der Waals surface area contributed by atoms with Crippen molar-refractivity contribution in [2.24, 2.45) is 0 Å². The van der Waals surface area contributed by atoms with E-state index < -0.39 is 6.04 Å². The smallest absolute Gasteiger partial charge is 0.243 e. The lowest BCUT2D eigenvalue weighted by molar-refractivity contribution is -0.140. The summed E-state index contributed by atoms with van der Waals surface area (Å²) in [6.07, 6.45) is 2.15. The Kier molecular flexibility index (Phi) is 10.5. The van der Waals surface area contributed by atoms with Crippen LogP contribution in [0.4, 0.5) is 0 Å². The zero-order valence-corrected chi connectivity index (χ0v) is 21.9. The van der Waals surface area contributed by atoms with Crippen LogP contribution < -0.4 is 5.32 Å². The maximum absolute atomic E-state index is 13.8. The molecule has 0 radical (unpaired) electrons. The average Bonchev–Trinajstić information content (AvgIpc) is 2.85. The summed E-state index contributed by atoms with van der Waals surface area (Å²) in [5.41, 5.74) is 2.25. The van der Waals surface area contributed by atoms with Gasteiger partial charge in [0.15, 0.2) is 0 Å². The van der Waals surface area contributed by atoms with Crippen LogP contribution in [0.25, 0.3) is 0 Å². The second-order valence-corrected chi connectivity index (χ2v) is 9.56. The molecule has 0 saturated heterocycles. The highest BCUT2D eigenvalue weighted by Crippen LogP contribution is 2.27. The van der Waals surface area contributed by atoms with Crippen LogP contribution in [0.5, 0.6) is 0 Å². The van der Waals surface area contributed by atoms with E-state index >= 15 is 0 Å². The van der Waals surface area contributed by atoms with Gasteiger partial charge in [-0.15, -0.1) is 0 Å². The predicted octanol–water partition coefficient (Wildman–Crippen LogP) is 6.75. The summed E-state index contributed by atoms with van der Waals surface area (Å²) in [4.78, 5) is 28.8. The van der Waals surface area contributed by atoms with Crippen molar-refractivity contribution in [3.05, 3.63) is 105 Å². The van der Waals surface area contributed by atoms with Gasteiger partial charge in [-0.2, -0.15) is 0 Å². The van der Waals surface area contributed by atoms with E-state index in [9.17, 15) is 9.59 Å². The Hall–Kier alpha value is -2.53. The van der Waals surface area contributed by atoms with E-state index in [0.29, 0.717) is 33.6 Å². The number of rotatable bonds is 11. The number of amides is 2. The molecule has 0 aromatic heterocycles. The largest absolute Gasteiger partial charge is 0.354 e. The molecule has 0 saturated carbocycles. The predicted molar refractivity (Wildman–Crippen MR) is 144 cm³/mol. The minimum absolute atomic E-state index is 0.0313. The highest BCUT2D eigenvalue weighted by Gasteiger charge is 2.31. The second kappa shape index (κ2) is 13.5. The fourth-order valence-corrected chi connectivity index (χ4v) is 4.55. The lowest BCUT2D eigenvalue weighted by Gasteiger charge is -2.32. The fraction of sp³-hybridized carbons (Fsp3) is 0.286. The summed E-state index contributed by atoms with van der Waals surface area (Å²) in [5.74, 6) is -0.459. The van der Waals surface area contributed by atoms with Crippen LogP contribution in [0.1, 0.15) is 36.5 Å². The molecule has 3 rings (SSSR count). The molecule has 1 N–H and O–H groups in total. The van der Waals surface area contributed by atoms with E-state index in [2.05, 4.69) is 12.2 Å². The molecule has 0 aliphatic carbocycles. The molecule has 0 aliphatic heterocycles. The SMILES string of the molecule is CCCCNC(=O)[C@@H](Cc1ccccc1)N(Cc1ccccc1Cl)C(=O)Cc1c(Cl)cccc1Cl. The first-order valence-electron chi connectivity index (χ1n) is 11.7. The van der Waals surface area contributed by atoms with Crippen LogP contribution in [0.3, 0.4) is 0 Å². The first kappa shape index (κ1) is 27.1. The quantitative estimate of drug-likeness (QED) is 0.278. The monoisotopic (exact) mass is 530 g/mol. The number of benzene rings is 3. The maximum Gasteiger partial charge on any atom is 0.243 e. The molecular weight excluding hydrogens is 503 g/mol. The van der Waals surface area contributed by atoms with Gasteiger partial charge in [-0.3, -0.25) is 9.59 Å². The number of carbonyl (C=O) groups is 2. The van der Waals surface area contributed by atoms with Crippen molar-refractivity contribution in [2.45, 2.75) is 45.2 Å². The van der Waals surface area contributed by atoms with Gasteiger partial charge >= 0.3 is 0 Å². The van der Waals surface area contributed by atoms with Crippen molar-refractivity contribution in [3.63, 3.8) is 0 Å². The number of halogens is 3. The maximum atomic E-state index is 13.8. The normalized spacial score (nSPS) is 11.7. The Bertz CT molecular complexity index is 1120. The number of unbranched alkanes of at least 4 members (excludes halogenated alkanes) is 1. The molecule has 4 nitrogen and oxygen atoms in total. The number of hydrogen-bond donors (Lipinski definition) is 1. The van der Waals surface area contributed by atoms with Gasteiger partial charge in [-0.25, -0.2) is 0 Å². The summed E-state index contributed by atoms with van der Waals surface area (Å²) in [7, 11) is 0. The fourth-order valence-electron chi connectivity index (χ4n) is 3.82. The van der Waals surface area contributed by atoms with E-state index in [1.807, 2.05) is 48.5 Å².